The molecule has 0 radical (unpaired) electrons. The molecule has 0 atom stereocenters. The van der Waals surface area contributed by atoms with E-state index in [1.165, 1.54) is 67.3 Å². The zero-order valence-electron chi connectivity index (χ0n) is 24.3. The van der Waals surface area contributed by atoms with Gasteiger partial charge in [-0.15, -0.1) is 0 Å². The lowest BCUT2D eigenvalue weighted by molar-refractivity contribution is 1.06. The summed E-state index contributed by atoms with van der Waals surface area (Å²) in [5.41, 5.74) is 17.4. The molecule has 2 heteroatoms. The lowest BCUT2D eigenvalue weighted by Gasteiger charge is -2.31. The summed E-state index contributed by atoms with van der Waals surface area (Å²) in [5.74, 6) is 0. The summed E-state index contributed by atoms with van der Waals surface area (Å²) >= 11 is 0. The highest BCUT2D eigenvalue weighted by Crippen LogP contribution is 2.53. The van der Waals surface area contributed by atoms with Gasteiger partial charge in [0, 0.05) is 33.6 Å². The van der Waals surface area contributed by atoms with E-state index < -0.39 is 0 Å². The fourth-order valence-corrected chi connectivity index (χ4v) is 7.35. The van der Waals surface area contributed by atoms with Gasteiger partial charge in [-0.1, -0.05) is 115 Å². The van der Waals surface area contributed by atoms with Crippen LogP contribution in [0.3, 0.4) is 0 Å². The molecule has 0 bridgehead atoms. The summed E-state index contributed by atoms with van der Waals surface area (Å²) in [7, 11) is 0. The highest BCUT2D eigenvalue weighted by Gasteiger charge is 2.29. The number of hydrogen-bond acceptors (Lipinski definition) is 2. The van der Waals surface area contributed by atoms with Crippen LogP contribution in [-0.2, 0) is 0 Å². The third-order valence-electron chi connectivity index (χ3n) is 9.22. The van der Waals surface area contributed by atoms with E-state index in [0.717, 1.165) is 24.2 Å². The predicted molar refractivity (Wildman–Crippen MR) is 185 cm³/mol. The molecular weight excluding hydrogens is 532 g/mol. The largest absolute Gasteiger partial charge is 0.309 e. The van der Waals surface area contributed by atoms with Gasteiger partial charge in [0.2, 0.25) is 0 Å². The predicted octanol–water partition coefficient (Wildman–Crippen LogP) is 11.8. The van der Waals surface area contributed by atoms with Crippen molar-refractivity contribution in [1.29, 1.82) is 0 Å². The summed E-state index contributed by atoms with van der Waals surface area (Å²) in [6.07, 6.45) is 6.77. The molecule has 0 aromatic heterocycles. The van der Waals surface area contributed by atoms with Gasteiger partial charge in [-0.3, -0.25) is 0 Å². The minimum Gasteiger partial charge on any atom is -0.309 e. The third kappa shape index (κ3) is 3.74. The molecule has 0 saturated carbocycles. The first-order valence-electron chi connectivity index (χ1n) is 15.4. The van der Waals surface area contributed by atoms with Gasteiger partial charge < -0.3 is 9.80 Å². The van der Waals surface area contributed by atoms with Crippen molar-refractivity contribution in [3.63, 3.8) is 0 Å². The quantitative estimate of drug-likeness (QED) is 0.207. The molecule has 0 spiro atoms. The molecule has 9 rings (SSSR count). The van der Waals surface area contributed by atoms with Crippen LogP contribution in [-0.4, -0.2) is 0 Å². The molecule has 208 valence electrons. The van der Waals surface area contributed by atoms with Gasteiger partial charge in [0.25, 0.3) is 0 Å². The Kier molecular flexibility index (Phi) is 5.67. The average molecular weight is 563 g/mol. The zero-order valence-corrected chi connectivity index (χ0v) is 24.3. The second kappa shape index (κ2) is 10.00. The number of allylic oxidation sites excluding steroid dienone is 4. The molecule has 0 fully saturated rings. The molecule has 0 unspecified atom stereocenters. The number of anilines is 6. The summed E-state index contributed by atoms with van der Waals surface area (Å²) in [5, 5.41) is 0. The van der Waals surface area contributed by atoms with Crippen molar-refractivity contribution in [2.75, 3.05) is 9.80 Å². The van der Waals surface area contributed by atoms with Gasteiger partial charge in [-0.2, -0.15) is 0 Å². The summed E-state index contributed by atoms with van der Waals surface area (Å²) < 4.78 is 0. The van der Waals surface area contributed by atoms with Crippen LogP contribution >= 0.6 is 0 Å². The summed E-state index contributed by atoms with van der Waals surface area (Å²) in [4.78, 5) is 4.90. The van der Waals surface area contributed by atoms with Gasteiger partial charge in [-0.25, -0.2) is 0 Å². The van der Waals surface area contributed by atoms with Crippen LogP contribution in [0, 0.1) is 0 Å². The number of fused-ring (bicyclic) bond motifs is 9. The summed E-state index contributed by atoms with van der Waals surface area (Å²) in [6.45, 7) is 0. The monoisotopic (exact) mass is 562 g/mol. The normalized spacial score (nSPS) is 14.4. The Labute approximate surface area is 258 Å². The van der Waals surface area contributed by atoms with E-state index in [9.17, 15) is 0 Å². The van der Waals surface area contributed by atoms with Crippen LogP contribution in [0.15, 0.2) is 158 Å². The number of rotatable bonds is 2. The summed E-state index contributed by atoms with van der Waals surface area (Å²) in [6, 6.07) is 53.2. The van der Waals surface area contributed by atoms with Gasteiger partial charge >= 0.3 is 0 Å². The number of para-hydroxylation sites is 4. The maximum Gasteiger partial charge on any atom is 0.0540 e. The number of benzene rings is 6. The highest BCUT2D eigenvalue weighted by atomic mass is 15.2. The first-order valence-corrected chi connectivity index (χ1v) is 15.4. The van der Waals surface area contributed by atoms with E-state index in [-0.39, 0.29) is 0 Å². The molecule has 6 aromatic rings. The Morgan fingerprint density at radius 2 is 0.818 bits per heavy atom. The maximum atomic E-state index is 2.46. The molecule has 3 aliphatic rings. The van der Waals surface area contributed by atoms with Crippen molar-refractivity contribution in [2.45, 2.75) is 12.8 Å². The average Bonchev–Trinajstić information content (AvgIpc) is 3.30. The SMILES string of the molecule is C1=CC2=C(CC1)c1ccccc1N(c1cccc(N3c4ccccc4-c4ccccc4-c4ccccc43)c1)c1ccccc12. The van der Waals surface area contributed by atoms with Crippen LogP contribution in [0.25, 0.3) is 33.4 Å². The Morgan fingerprint density at radius 1 is 0.386 bits per heavy atom. The zero-order chi connectivity index (χ0) is 29.0. The maximum absolute atomic E-state index is 2.46. The van der Waals surface area contributed by atoms with Gasteiger partial charge in [0.05, 0.1) is 22.7 Å². The molecule has 0 N–H and O–H groups in total. The highest BCUT2D eigenvalue weighted by molar-refractivity contribution is 6.07. The van der Waals surface area contributed by atoms with Crippen molar-refractivity contribution in [3.8, 4) is 22.3 Å². The smallest absolute Gasteiger partial charge is 0.0540 e. The Balaban J connectivity index is 1.29. The molecular formula is C42H30N2. The standard InChI is InChI=1S/C42H30N2/c1-2-17-32-31(16-1)35-20-5-9-24-39(35)43(40-25-10-6-21-36(32)40)29-14-13-15-30(28-29)44-41-26-11-7-22-37(41)33-18-3-4-19-34(33)38-23-8-12-27-42(38)44/h1-3,5-18,20-28H,4,19H2. The lowest BCUT2D eigenvalue weighted by atomic mass is 9.88. The molecule has 2 heterocycles. The van der Waals surface area contributed by atoms with E-state index in [1.807, 2.05) is 0 Å². The molecule has 44 heavy (non-hydrogen) atoms. The third-order valence-corrected chi connectivity index (χ3v) is 9.22. The van der Waals surface area contributed by atoms with Crippen molar-refractivity contribution < 1.29 is 0 Å². The van der Waals surface area contributed by atoms with Crippen LogP contribution in [0.2, 0.25) is 0 Å². The van der Waals surface area contributed by atoms with Crippen molar-refractivity contribution >= 4 is 45.3 Å². The fourth-order valence-electron chi connectivity index (χ4n) is 7.35. The van der Waals surface area contributed by atoms with E-state index in [1.54, 1.807) is 0 Å². The fraction of sp³-hybridized carbons (Fsp3) is 0.0476. The first-order chi connectivity index (χ1) is 21.9. The molecule has 1 aliphatic carbocycles. The topological polar surface area (TPSA) is 6.48 Å². The van der Waals surface area contributed by atoms with Crippen molar-refractivity contribution in [2.24, 2.45) is 0 Å². The number of hydrogen-bond donors (Lipinski definition) is 0. The van der Waals surface area contributed by atoms with Crippen LogP contribution in [0.5, 0.6) is 0 Å². The van der Waals surface area contributed by atoms with Gasteiger partial charge in [0.1, 0.15) is 0 Å². The van der Waals surface area contributed by atoms with Crippen LogP contribution in [0.4, 0.5) is 34.1 Å². The van der Waals surface area contributed by atoms with Crippen molar-refractivity contribution in [1.82, 2.24) is 0 Å². The number of nitrogens with zero attached hydrogens (tertiary/aromatic N) is 2. The second-order valence-electron chi connectivity index (χ2n) is 11.6. The Morgan fingerprint density at radius 3 is 1.39 bits per heavy atom. The molecule has 6 aromatic carbocycles. The van der Waals surface area contributed by atoms with Gasteiger partial charge in [0.15, 0.2) is 0 Å². The van der Waals surface area contributed by atoms with Gasteiger partial charge in [-0.05, 0) is 77.6 Å². The molecule has 0 saturated heterocycles. The van der Waals surface area contributed by atoms with Crippen molar-refractivity contribution in [3.05, 3.63) is 169 Å². The van der Waals surface area contributed by atoms with E-state index in [2.05, 4.69) is 168 Å². The van der Waals surface area contributed by atoms with Crippen LogP contribution < -0.4 is 9.80 Å². The molecule has 0 amide bonds. The van der Waals surface area contributed by atoms with E-state index in [0.29, 0.717) is 0 Å². The molecule has 2 aliphatic heterocycles. The first kappa shape index (κ1) is 24.9. The van der Waals surface area contributed by atoms with E-state index >= 15 is 0 Å². The second-order valence-corrected chi connectivity index (χ2v) is 11.6. The minimum atomic E-state index is 1.05. The Bertz CT molecular complexity index is 2080. The minimum absolute atomic E-state index is 1.05. The Hall–Kier alpha value is -5.60. The van der Waals surface area contributed by atoms with E-state index in [4.69, 9.17) is 0 Å². The molecule has 2 nitrogen and oxygen atoms in total. The lowest BCUT2D eigenvalue weighted by Crippen LogP contribution is -2.14. The van der Waals surface area contributed by atoms with Crippen LogP contribution in [0.1, 0.15) is 24.0 Å².